The Morgan fingerprint density at radius 3 is 2.57 bits per heavy atom. The van der Waals surface area contributed by atoms with Crippen molar-refractivity contribution in [1.82, 2.24) is 9.88 Å². The normalized spacial score (nSPS) is 15.7. The molecule has 0 bridgehead atoms. The number of aliphatic imine (C=N–C) groups is 1. The second-order valence-electron chi connectivity index (χ2n) is 5.91. The molecule has 1 aliphatic heterocycles. The number of nitrogens with one attached hydrogen (secondary N) is 1. The average Bonchev–Trinajstić information content (AvgIpc) is 2.91. The molecule has 5 heteroatoms. The van der Waals surface area contributed by atoms with Gasteiger partial charge in [0.1, 0.15) is 0 Å². The van der Waals surface area contributed by atoms with E-state index in [-0.39, 0.29) is 0 Å². The predicted octanol–water partition coefficient (Wildman–Crippen LogP) is 4.21. The Balaban J connectivity index is 1.78. The van der Waals surface area contributed by atoms with Gasteiger partial charge in [-0.1, -0.05) is 18.2 Å². The number of rotatable bonds is 3. The highest BCUT2D eigenvalue weighted by atomic mass is 32.1. The lowest BCUT2D eigenvalue weighted by molar-refractivity contribution is 0.340. The van der Waals surface area contributed by atoms with E-state index in [2.05, 4.69) is 41.2 Å². The topological polar surface area (TPSA) is 40.5 Å². The number of hydrogen-bond acceptors (Lipinski definition) is 3. The van der Waals surface area contributed by atoms with E-state index in [4.69, 9.17) is 4.99 Å². The molecule has 1 N–H and O–H groups in total. The maximum absolute atomic E-state index is 4.86. The van der Waals surface area contributed by atoms with Gasteiger partial charge in [0.2, 0.25) is 0 Å². The van der Waals surface area contributed by atoms with Gasteiger partial charge >= 0.3 is 0 Å². The molecule has 122 valence electrons. The van der Waals surface area contributed by atoms with Gasteiger partial charge in [0.15, 0.2) is 5.96 Å². The molecule has 3 rings (SSSR count). The summed E-state index contributed by atoms with van der Waals surface area (Å²) in [4.78, 5) is 13.1. The van der Waals surface area contributed by atoms with Gasteiger partial charge in [-0.2, -0.15) is 0 Å². The maximum Gasteiger partial charge on any atom is 0.198 e. The third-order valence-electron chi connectivity index (χ3n) is 4.06. The Morgan fingerprint density at radius 2 is 1.91 bits per heavy atom. The Hall–Kier alpha value is -1.88. The van der Waals surface area contributed by atoms with E-state index in [1.54, 1.807) is 11.3 Å². The summed E-state index contributed by atoms with van der Waals surface area (Å²) < 4.78 is 0. The van der Waals surface area contributed by atoms with Crippen molar-refractivity contribution in [3.63, 3.8) is 0 Å². The molecule has 0 unspecified atom stereocenters. The summed E-state index contributed by atoms with van der Waals surface area (Å²) in [7, 11) is 0. The van der Waals surface area contributed by atoms with Crippen LogP contribution in [0, 0.1) is 13.8 Å². The third kappa shape index (κ3) is 4.32. The van der Waals surface area contributed by atoms with Crippen molar-refractivity contribution in [2.24, 2.45) is 4.99 Å². The number of anilines is 1. The van der Waals surface area contributed by atoms with Crippen LogP contribution in [0.15, 0.2) is 35.3 Å². The van der Waals surface area contributed by atoms with E-state index in [1.165, 1.54) is 24.1 Å². The molecule has 1 aromatic carbocycles. The van der Waals surface area contributed by atoms with Crippen molar-refractivity contribution in [2.75, 3.05) is 18.4 Å². The molecule has 23 heavy (non-hydrogen) atoms. The molecule has 0 aliphatic carbocycles. The number of hydrogen-bond donors (Lipinski definition) is 1. The van der Waals surface area contributed by atoms with Crippen molar-refractivity contribution in [1.29, 1.82) is 0 Å². The lowest BCUT2D eigenvalue weighted by Crippen LogP contribution is -2.40. The van der Waals surface area contributed by atoms with Crippen molar-refractivity contribution < 1.29 is 0 Å². The Bertz CT molecular complexity index is 657. The van der Waals surface area contributed by atoms with Crippen LogP contribution in [0.4, 0.5) is 5.69 Å². The molecule has 1 saturated heterocycles. The van der Waals surface area contributed by atoms with Crippen LogP contribution >= 0.6 is 11.3 Å². The molecule has 0 spiro atoms. The Kier molecular flexibility index (Phi) is 5.28. The fourth-order valence-corrected chi connectivity index (χ4v) is 3.67. The summed E-state index contributed by atoms with van der Waals surface area (Å²) in [5.74, 6) is 0.973. The second kappa shape index (κ2) is 7.59. The van der Waals surface area contributed by atoms with Crippen molar-refractivity contribution in [3.05, 3.63) is 45.9 Å². The van der Waals surface area contributed by atoms with Crippen molar-refractivity contribution >= 4 is 23.0 Å². The minimum absolute atomic E-state index is 0.641. The monoisotopic (exact) mass is 328 g/mol. The summed E-state index contributed by atoms with van der Waals surface area (Å²) >= 11 is 1.75. The van der Waals surface area contributed by atoms with Gasteiger partial charge in [-0.15, -0.1) is 11.3 Å². The molecule has 2 aromatic rings. The highest BCUT2D eigenvalue weighted by Crippen LogP contribution is 2.18. The quantitative estimate of drug-likeness (QED) is 0.677. The maximum atomic E-state index is 4.86. The molecule has 1 fully saturated rings. The number of aromatic nitrogens is 1. The van der Waals surface area contributed by atoms with Gasteiger partial charge in [0.25, 0.3) is 0 Å². The molecule has 0 saturated carbocycles. The molecule has 1 aromatic heterocycles. The zero-order valence-corrected chi connectivity index (χ0v) is 14.7. The first-order chi connectivity index (χ1) is 11.2. The number of benzene rings is 1. The van der Waals surface area contributed by atoms with Gasteiger partial charge in [-0.05, 0) is 45.2 Å². The number of para-hydroxylation sites is 1. The average molecular weight is 328 g/mol. The summed E-state index contributed by atoms with van der Waals surface area (Å²) in [6.45, 7) is 6.97. The van der Waals surface area contributed by atoms with Crippen molar-refractivity contribution in [2.45, 2.75) is 39.7 Å². The van der Waals surface area contributed by atoms with Crippen LogP contribution in [0.2, 0.25) is 0 Å². The zero-order valence-electron chi connectivity index (χ0n) is 13.9. The number of nitrogens with zero attached hydrogens (tertiary/aromatic N) is 3. The molecule has 0 radical (unpaired) electrons. The second-order valence-corrected chi connectivity index (χ2v) is 7.32. The van der Waals surface area contributed by atoms with Crippen LogP contribution in [-0.2, 0) is 6.54 Å². The lowest BCUT2D eigenvalue weighted by atomic mass is 10.1. The zero-order chi connectivity index (χ0) is 16.1. The number of likely N-dealkylation sites (tertiary alicyclic amines) is 1. The highest BCUT2D eigenvalue weighted by molar-refractivity contribution is 7.11. The summed E-state index contributed by atoms with van der Waals surface area (Å²) in [5, 5.41) is 4.61. The number of guanidine groups is 1. The van der Waals surface area contributed by atoms with Crippen LogP contribution < -0.4 is 5.32 Å². The first-order valence-electron chi connectivity index (χ1n) is 8.27. The summed E-state index contributed by atoms with van der Waals surface area (Å²) in [6, 6.07) is 10.3. The minimum Gasteiger partial charge on any atom is -0.343 e. The van der Waals surface area contributed by atoms with Crippen LogP contribution in [0.3, 0.4) is 0 Å². The SMILES string of the molecule is Cc1nc(CN=C(Nc2ccccc2)N2CCCCC2)c(C)s1. The summed E-state index contributed by atoms with van der Waals surface area (Å²) in [5.41, 5.74) is 2.18. The number of aryl methyl sites for hydroxylation is 2. The Morgan fingerprint density at radius 1 is 1.17 bits per heavy atom. The largest absolute Gasteiger partial charge is 0.343 e. The first kappa shape index (κ1) is 16.0. The Labute approximate surface area is 142 Å². The van der Waals surface area contributed by atoms with Gasteiger partial charge in [0.05, 0.1) is 17.2 Å². The molecule has 4 nitrogen and oxygen atoms in total. The lowest BCUT2D eigenvalue weighted by Gasteiger charge is -2.30. The molecule has 0 amide bonds. The smallest absolute Gasteiger partial charge is 0.198 e. The van der Waals surface area contributed by atoms with E-state index in [0.29, 0.717) is 6.54 Å². The van der Waals surface area contributed by atoms with Gasteiger partial charge < -0.3 is 10.2 Å². The van der Waals surface area contributed by atoms with Crippen LogP contribution in [0.25, 0.3) is 0 Å². The molecular weight excluding hydrogens is 304 g/mol. The number of thiazole rings is 1. The molecule has 2 heterocycles. The molecule has 0 atom stereocenters. The van der Waals surface area contributed by atoms with Crippen LogP contribution in [-0.4, -0.2) is 28.9 Å². The predicted molar refractivity (Wildman–Crippen MR) is 98.2 cm³/mol. The standard InChI is InChI=1S/C18H24N4S/c1-14-17(20-15(2)23-14)13-19-18(22-11-7-4-8-12-22)21-16-9-5-3-6-10-16/h3,5-6,9-10H,4,7-8,11-13H2,1-2H3,(H,19,21). The van der Waals surface area contributed by atoms with E-state index in [9.17, 15) is 0 Å². The number of piperidine rings is 1. The van der Waals surface area contributed by atoms with Crippen LogP contribution in [0.1, 0.15) is 34.8 Å². The fraction of sp³-hybridized carbons (Fsp3) is 0.444. The molecule has 1 aliphatic rings. The van der Waals surface area contributed by atoms with Gasteiger partial charge in [0, 0.05) is 23.7 Å². The van der Waals surface area contributed by atoms with Crippen molar-refractivity contribution in [3.8, 4) is 0 Å². The van der Waals surface area contributed by atoms with E-state index in [0.717, 1.165) is 35.4 Å². The molecular formula is C18H24N4S. The van der Waals surface area contributed by atoms with Gasteiger partial charge in [-0.25, -0.2) is 9.98 Å². The fourth-order valence-electron chi connectivity index (χ4n) is 2.84. The minimum atomic E-state index is 0.641. The third-order valence-corrected chi connectivity index (χ3v) is 4.99. The van der Waals surface area contributed by atoms with Crippen LogP contribution in [0.5, 0.6) is 0 Å². The highest BCUT2D eigenvalue weighted by Gasteiger charge is 2.15. The van der Waals surface area contributed by atoms with Gasteiger partial charge in [-0.3, -0.25) is 0 Å². The first-order valence-corrected chi connectivity index (χ1v) is 9.08. The summed E-state index contributed by atoms with van der Waals surface area (Å²) in [6.07, 6.45) is 3.80. The van der Waals surface area contributed by atoms with E-state index < -0.39 is 0 Å². The van der Waals surface area contributed by atoms with E-state index >= 15 is 0 Å². The van der Waals surface area contributed by atoms with E-state index in [1.807, 2.05) is 18.2 Å².